The van der Waals surface area contributed by atoms with Gasteiger partial charge in [-0.05, 0) is 25.7 Å². The summed E-state index contributed by atoms with van der Waals surface area (Å²) in [5.41, 5.74) is 0. The molecule has 2 aliphatic heterocycles. The van der Waals surface area contributed by atoms with Crippen molar-refractivity contribution in [1.29, 1.82) is 0 Å². The molecule has 11 N–H and O–H groups in total. The summed E-state index contributed by atoms with van der Waals surface area (Å²) in [6, 6.07) is -1.30. The number of aliphatic hydroxyl groups is 10. The minimum Gasteiger partial charge on any atom is -0.394 e. The predicted octanol–water partition coefficient (Wildman–Crippen LogP) is 5.10. The van der Waals surface area contributed by atoms with Gasteiger partial charge in [0.15, 0.2) is 12.6 Å². The average Bonchev–Trinajstić information content (AvgIpc) is 3.32. The van der Waals surface area contributed by atoms with Gasteiger partial charge in [-0.1, -0.05) is 187 Å². The van der Waals surface area contributed by atoms with Crippen molar-refractivity contribution >= 4 is 5.91 Å². The maximum Gasteiger partial charge on any atom is 0.249 e. The molecule has 16 heteroatoms. The van der Waals surface area contributed by atoms with Gasteiger partial charge in [0.05, 0.1) is 32.0 Å². The van der Waals surface area contributed by atoms with E-state index in [1.165, 1.54) is 128 Å². The summed E-state index contributed by atoms with van der Waals surface area (Å²) in [7, 11) is 0. The van der Waals surface area contributed by atoms with E-state index in [1.807, 2.05) is 6.08 Å². The number of amides is 1. The van der Waals surface area contributed by atoms with Gasteiger partial charge in [0, 0.05) is 0 Å². The van der Waals surface area contributed by atoms with Crippen LogP contribution >= 0.6 is 0 Å². The van der Waals surface area contributed by atoms with E-state index in [0.29, 0.717) is 6.42 Å². The van der Waals surface area contributed by atoms with Crippen LogP contribution in [0.2, 0.25) is 0 Å². The van der Waals surface area contributed by atoms with Gasteiger partial charge in [-0.3, -0.25) is 4.79 Å². The van der Waals surface area contributed by atoms with Crippen molar-refractivity contribution in [2.45, 2.75) is 286 Å². The number of hydrogen-bond acceptors (Lipinski definition) is 15. The monoisotopic (exact) mass is 964 g/mol. The van der Waals surface area contributed by atoms with Crippen LogP contribution < -0.4 is 5.32 Å². The molecule has 2 rings (SSSR count). The van der Waals surface area contributed by atoms with Gasteiger partial charge in [0.25, 0.3) is 0 Å². The average molecular weight is 964 g/mol. The highest BCUT2D eigenvalue weighted by molar-refractivity contribution is 5.80. The number of carbonyl (C=O) groups excluding carboxylic acids is 1. The Kier molecular flexibility index (Phi) is 35.3. The molecule has 2 fully saturated rings. The van der Waals surface area contributed by atoms with Gasteiger partial charge in [0.2, 0.25) is 5.91 Å². The molecule has 1 amide bonds. The Hall–Kier alpha value is -1.35. The van der Waals surface area contributed by atoms with Gasteiger partial charge in [-0.25, -0.2) is 0 Å². The first-order valence-electron chi connectivity index (χ1n) is 26.6. The van der Waals surface area contributed by atoms with E-state index < -0.39 is 111 Å². The number of unbranched alkanes of at least 4 members (excludes halogenated alkanes) is 25. The minimum atomic E-state index is -1.83. The number of allylic oxidation sites excluding steroid dienone is 1. The second-order valence-corrected chi connectivity index (χ2v) is 19.3. The van der Waals surface area contributed by atoms with E-state index in [2.05, 4.69) is 19.2 Å². The number of carbonyl (C=O) groups is 1. The normalized spacial score (nSPS) is 27.6. The molecule has 396 valence electrons. The maximum absolute atomic E-state index is 13.3. The molecule has 0 aromatic carbocycles. The van der Waals surface area contributed by atoms with E-state index in [9.17, 15) is 55.9 Å². The Morgan fingerprint density at radius 2 is 0.955 bits per heavy atom. The fraction of sp³-hybridized carbons (Fsp3) is 0.941. The molecule has 2 saturated heterocycles. The van der Waals surface area contributed by atoms with Crippen LogP contribution in [0, 0.1) is 0 Å². The zero-order chi connectivity index (χ0) is 49.2. The number of hydrogen-bond donors (Lipinski definition) is 11. The first kappa shape index (κ1) is 61.8. The standard InChI is InChI=1S/C51H97NO15/c1-3-5-7-9-11-13-15-16-17-18-19-20-21-23-25-27-29-31-33-39(55)49(63)52-37(42(56)38(54)32-30-28-26-24-22-14-12-10-8-6-4-2)35-64-50-48(62)46(60)44(58)41(67-50)36-65-51-47(61)45(59)43(57)40(34-53)66-51/h28,30,37-48,50-51,53-62H,3-27,29,31-36H2,1-2H3,(H,52,63)/b30-28+/t37-,38+,39+,40+,41+,42-,43-,44+,45-,46-,47+,48+,50+,51-/m0/s1. The van der Waals surface area contributed by atoms with Crippen LogP contribution in [-0.2, 0) is 23.7 Å². The lowest BCUT2D eigenvalue weighted by Gasteiger charge is -2.43. The number of rotatable bonds is 41. The summed E-state index contributed by atoms with van der Waals surface area (Å²) in [6.07, 6.45) is 15.7. The van der Waals surface area contributed by atoms with Crippen molar-refractivity contribution in [3.63, 3.8) is 0 Å². The summed E-state index contributed by atoms with van der Waals surface area (Å²) in [5.74, 6) is -0.775. The van der Waals surface area contributed by atoms with Gasteiger partial charge in [0.1, 0.15) is 61.0 Å². The number of aliphatic hydroxyl groups excluding tert-OH is 10. The van der Waals surface area contributed by atoms with Gasteiger partial charge in [-0.15, -0.1) is 0 Å². The van der Waals surface area contributed by atoms with E-state index in [4.69, 9.17) is 18.9 Å². The highest BCUT2D eigenvalue weighted by Gasteiger charge is 2.48. The fourth-order valence-corrected chi connectivity index (χ4v) is 8.82. The molecule has 0 aliphatic carbocycles. The molecule has 14 atom stereocenters. The van der Waals surface area contributed by atoms with E-state index in [-0.39, 0.29) is 12.8 Å². The zero-order valence-corrected chi connectivity index (χ0v) is 41.4. The van der Waals surface area contributed by atoms with Crippen molar-refractivity contribution in [2.24, 2.45) is 0 Å². The Bertz CT molecular complexity index is 1220. The quantitative estimate of drug-likeness (QED) is 0.0281. The second kappa shape index (κ2) is 38.3. The fourth-order valence-electron chi connectivity index (χ4n) is 8.82. The topological polar surface area (TPSA) is 268 Å². The first-order chi connectivity index (χ1) is 32.4. The highest BCUT2D eigenvalue weighted by atomic mass is 16.7. The van der Waals surface area contributed by atoms with E-state index in [1.54, 1.807) is 6.08 Å². The Morgan fingerprint density at radius 1 is 0.537 bits per heavy atom. The van der Waals surface area contributed by atoms with E-state index in [0.717, 1.165) is 38.5 Å². The lowest BCUT2D eigenvalue weighted by atomic mass is 9.98. The van der Waals surface area contributed by atoms with Crippen molar-refractivity contribution in [3.05, 3.63) is 12.2 Å². The Balaban J connectivity index is 1.87. The summed E-state index contributed by atoms with van der Waals surface area (Å²) in [5, 5.41) is 108. The van der Waals surface area contributed by atoms with Crippen molar-refractivity contribution in [3.8, 4) is 0 Å². The van der Waals surface area contributed by atoms with Gasteiger partial charge < -0.3 is 75.3 Å². The number of ether oxygens (including phenoxy) is 4. The predicted molar refractivity (Wildman–Crippen MR) is 257 cm³/mol. The molecule has 0 unspecified atom stereocenters. The zero-order valence-electron chi connectivity index (χ0n) is 41.4. The molecule has 0 saturated carbocycles. The summed E-state index contributed by atoms with van der Waals surface area (Å²) < 4.78 is 22.3. The van der Waals surface area contributed by atoms with Gasteiger partial charge >= 0.3 is 0 Å². The minimum absolute atomic E-state index is 0.0667. The molecular formula is C51H97NO15. The van der Waals surface area contributed by atoms with Crippen molar-refractivity contribution in [1.82, 2.24) is 5.32 Å². The van der Waals surface area contributed by atoms with Crippen LogP contribution in [0.5, 0.6) is 0 Å². The van der Waals surface area contributed by atoms with Crippen LogP contribution in [0.25, 0.3) is 0 Å². The van der Waals surface area contributed by atoms with Crippen molar-refractivity contribution < 1.29 is 74.8 Å². The SMILES string of the molecule is CCCCCCCCCC/C=C/C[C@@H](O)[C@@H](O)[C@H](CO[C@@H]1O[C@H](CO[C@H]2O[C@H](CO)[C@H](O)[C@H](O)[C@H]2O)[C@@H](O)[C@H](O)[C@H]1O)NC(=O)[C@H](O)CCCCCCCCCCCCCCCCCCCC. The molecular weight excluding hydrogens is 867 g/mol. The molecule has 0 radical (unpaired) electrons. The largest absolute Gasteiger partial charge is 0.394 e. The molecule has 16 nitrogen and oxygen atoms in total. The third-order valence-electron chi connectivity index (χ3n) is 13.4. The Morgan fingerprint density at radius 3 is 1.43 bits per heavy atom. The first-order valence-corrected chi connectivity index (χ1v) is 26.6. The molecule has 2 aliphatic rings. The maximum atomic E-state index is 13.3. The number of nitrogens with one attached hydrogen (secondary N) is 1. The second-order valence-electron chi connectivity index (χ2n) is 19.3. The van der Waals surface area contributed by atoms with Crippen LogP contribution in [0.15, 0.2) is 12.2 Å². The summed E-state index contributed by atoms with van der Waals surface area (Å²) in [4.78, 5) is 13.3. The lowest BCUT2D eigenvalue weighted by Crippen LogP contribution is -2.62. The Labute approximate surface area is 402 Å². The van der Waals surface area contributed by atoms with Crippen LogP contribution in [-0.4, -0.2) is 163 Å². The third kappa shape index (κ3) is 25.6. The van der Waals surface area contributed by atoms with Crippen LogP contribution in [0.3, 0.4) is 0 Å². The molecule has 0 aromatic heterocycles. The van der Waals surface area contributed by atoms with Gasteiger partial charge in [-0.2, -0.15) is 0 Å². The smallest absolute Gasteiger partial charge is 0.249 e. The summed E-state index contributed by atoms with van der Waals surface area (Å²) in [6.45, 7) is 2.63. The highest BCUT2D eigenvalue weighted by Crippen LogP contribution is 2.27. The third-order valence-corrected chi connectivity index (χ3v) is 13.4. The van der Waals surface area contributed by atoms with E-state index >= 15 is 0 Å². The lowest BCUT2D eigenvalue weighted by molar-refractivity contribution is -0.331. The molecule has 0 bridgehead atoms. The van der Waals surface area contributed by atoms with Crippen LogP contribution in [0.4, 0.5) is 0 Å². The van der Waals surface area contributed by atoms with Crippen molar-refractivity contribution in [2.75, 3.05) is 19.8 Å². The molecule has 0 spiro atoms. The molecule has 2 heterocycles. The summed E-state index contributed by atoms with van der Waals surface area (Å²) >= 11 is 0. The molecule has 67 heavy (non-hydrogen) atoms. The van der Waals surface area contributed by atoms with Crippen LogP contribution in [0.1, 0.15) is 200 Å². The molecule has 0 aromatic rings.